The van der Waals surface area contributed by atoms with E-state index >= 15 is 0 Å². The maximum atomic E-state index is 13.0. The Morgan fingerprint density at radius 3 is 2.23 bits per heavy atom. The summed E-state index contributed by atoms with van der Waals surface area (Å²) in [5, 5.41) is 2.85. The number of carbonyl (C=O) groups is 2. The Morgan fingerprint density at radius 1 is 1.00 bits per heavy atom. The second-order valence-corrected chi connectivity index (χ2v) is 7.73. The molecular weight excluding hydrogens is 382 g/mol. The molecule has 0 aliphatic heterocycles. The first-order chi connectivity index (χ1) is 14.3. The van der Waals surface area contributed by atoms with Crippen LogP contribution in [0.25, 0.3) is 0 Å². The highest BCUT2D eigenvalue weighted by molar-refractivity contribution is 6.02. The standard InChI is InChI=1S/C23H27N3O4/c1-16(2)14-26(23(28)21-8-6-12-30-21)15-17-13-18(9-10-19(17)25(3)4)24-22(27)20-7-5-11-29-20/h5-13,16H,14-15H2,1-4H3,(H,24,27). The number of nitrogens with zero attached hydrogens (tertiary/aromatic N) is 2. The van der Waals surface area contributed by atoms with Crippen molar-refractivity contribution in [3.63, 3.8) is 0 Å². The Hall–Kier alpha value is -3.48. The van der Waals surface area contributed by atoms with Gasteiger partial charge >= 0.3 is 0 Å². The van der Waals surface area contributed by atoms with Gasteiger partial charge in [-0.3, -0.25) is 9.59 Å². The molecule has 0 aliphatic rings. The Labute approximate surface area is 176 Å². The summed E-state index contributed by atoms with van der Waals surface area (Å²) in [6.45, 7) is 5.09. The average Bonchev–Trinajstić information content (AvgIpc) is 3.40. The molecule has 1 N–H and O–H groups in total. The van der Waals surface area contributed by atoms with Crippen LogP contribution in [0.5, 0.6) is 0 Å². The molecule has 0 saturated heterocycles. The van der Waals surface area contributed by atoms with Gasteiger partial charge in [0, 0.05) is 38.6 Å². The van der Waals surface area contributed by atoms with Crippen LogP contribution in [0.3, 0.4) is 0 Å². The monoisotopic (exact) mass is 409 g/mol. The fraction of sp³-hybridized carbons (Fsp3) is 0.304. The first-order valence-corrected chi connectivity index (χ1v) is 9.83. The minimum Gasteiger partial charge on any atom is -0.459 e. The smallest absolute Gasteiger partial charge is 0.291 e. The van der Waals surface area contributed by atoms with Crippen molar-refractivity contribution >= 4 is 23.2 Å². The van der Waals surface area contributed by atoms with Gasteiger partial charge in [-0.2, -0.15) is 0 Å². The van der Waals surface area contributed by atoms with E-state index in [4.69, 9.17) is 8.83 Å². The Kier molecular flexibility index (Phi) is 6.61. The van der Waals surface area contributed by atoms with Crippen LogP contribution in [0, 0.1) is 5.92 Å². The summed E-state index contributed by atoms with van der Waals surface area (Å²) in [5.74, 6) is 0.346. The molecule has 0 aliphatic carbocycles. The van der Waals surface area contributed by atoms with Crippen LogP contribution in [-0.2, 0) is 6.54 Å². The lowest BCUT2D eigenvalue weighted by Gasteiger charge is -2.27. The lowest BCUT2D eigenvalue weighted by molar-refractivity contribution is 0.0690. The van der Waals surface area contributed by atoms with Gasteiger partial charge in [-0.15, -0.1) is 0 Å². The lowest BCUT2D eigenvalue weighted by Crippen LogP contribution is -2.34. The van der Waals surface area contributed by atoms with Crippen LogP contribution in [0.2, 0.25) is 0 Å². The number of rotatable bonds is 8. The molecule has 7 heteroatoms. The fourth-order valence-electron chi connectivity index (χ4n) is 3.25. The predicted molar refractivity (Wildman–Crippen MR) is 116 cm³/mol. The molecule has 3 aromatic rings. The molecule has 0 spiro atoms. The number of carbonyl (C=O) groups excluding carboxylic acids is 2. The van der Waals surface area contributed by atoms with Crippen LogP contribution in [-0.4, -0.2) is 37.4 Å². The number of nitrogens with one attached hydrogen (secondary N) is 1. The van der Waals surface area contributed by atoms with E-state index in [1.165, 1.54) is 12.5 Å². The molecule has 30 heavy (non-hydrogen) atoms. The topological polar surface area (TPSA) is 78.9 Å². The third-order valence-electron chi connectivity index (χ3n) is 4.53. The van der Waals surface area contributed by atoms with Crippen molar-refractivity contribution in [3.8, 4) is 0 Å². The minimum absolute atomic E-state index is 0.163. The molecule has 0 saturated carbocycles. The van der Waals surface area contributed by atoms with Crippen molar-refractivity contribution in [2.24, 2.45) is 5.92 Å². The molecule has 2 aromatic heterocycles. The zero-order chi connectivity index (χ0) is 21.7. The molecule has 158 valence electrons. The summed E-state index contributed by atoms with van der Waals surface area (Å²) in [6, 6.07) is 12.3. The molecule has 0 fully saturated rings. The zero-order valence-electron chi connectivity index (χ0n) is 17.7. The van der Waals surface area contributed by atoms with Gasteiger partial charge in [-0.25, -0.2) is 0 Å². The van der Waals surface area contributed by atoms with Crippen LogP contribution in [0.4, 0.5) is 11.4 Å². The summed E-state index contributed by atoms with van der Waals surface area (Å²) in [4.78, 5) is 29.1. The van der Waals surface area contributed by atoms with Crippen LogP contribution >= 0.6 is 0 Å². The number of anilines is 2. The lowest BCUT2D eigenvalue weighted by atomic mass is 10.1. The minimum atomic E-state index is -0.325. The largest absolute Gasteiger partial charge is 0.459 e. The summed E-state index contributed by atoms with van der Waals surface area (Å²) < 4.78 is 10.5. The second kappa shape index (κ2) is 9.35. The summed E-state index contributed by atoms with van der Waals surface area (Å²) >= 11 is 0. The quantitative estimate of drug-likeness (QED) is 0.593. The number of hydrogen-bond donors (Lipinski definition) is 1. The highest BCUT2D eigenvalue weighted by atomic mass is 16.3. The summed E-state index contributed by atoms with van der Waals surface area (Å²) in [5.41, 5.74) is 2.51. The molecule has 0 atom stereocenters. The maximum Gasteiger partial charge on any atom is 0.291 e. The number of furan rings is 2. The zero-order valence-corrected chi connectivity index (χ0v) is 17.7. The van der Waals surface area contributed by atoms with E-state index in [9.17, 15) is 9.59 Å². The maximum absolute atomic E-state index is 13.0. The molecule has 0 bridgehead atoms. The van der Waals surface area contributed by atoms with Gasteiger partial charge in [0.1, 0.15) is 0 Å². The highest BCUT2D eigenvalue weighted by Gasteiger charge is 2.21. The van der Waals surface area contributed by atoms with E-state index in [2.05, 4.69) is 19.2 Å². The van der Waals surface area contributed by atoms with E-state index in [-0.39, 0.29) is 23.5 Å². The first kappa shape index (κ1) is 21.2. The van der Waals surface area contributed by atoms with Crippen molar-refractivity contribution in [2.45, 2.75) is 20.4 Å². The van der Waals surface area contributed by atoms with Crippen molar-refractivity contribution in [2.75, 3.05) is 30.9 Å². The van der Waals surface area contributed by atoms with Crippen molar-refractivity contribution in [1.29, 1.82) is 0 Å². The van der Waals surface area contributed by atoms with Gasteiger partial charge in [-0.1, -0.05) is 13.8 Å². The SMILES string of the molecule is CC(C)CN(Cc1cc(NC(=O)c2ccco2)ccc1N(C)C)C(=O)c1ccco1. The highest BCUT2D eigenvalue weighted by Crippen LogP contribution is 2.26. The van der Waals surface area contributed by atoms with E-state index in [0.29, 0.717) is 24.5 Å². The predicted octanol–water partition coefficient (Wildman–Crippen LogP) is 4.49. The fourth-order valence-corrected chi connectivity index (χ4v) is 3.25. The van der Waals surface area contributed by atoms with Gasteiger partial charge in [0.25, 0.3) is 11.8 Å². The van der Waals surface area contributed by atoms with Crippen molar-refractivity contribution in [3.05, 3.63) is 72.1 Å². The molecule has 0 radical (unpaired) electrons. The number of hydrogen-bond acceptors (Lipinski definition) is 5. The normalized spacial score (nSPS) is 10.8. The third-order valence-corrected chi connectivity index (χ3v) is 4.53. The van der Waals surface area contributed by atoms with Gasteiger partial charge in [0.05, 0.1) is 12.5 Å². The second-order valence-electron chi connectivity index (χ2n) is 7.73. The van der Waals surface area contributed by atoms with E-state index in [1.807, 2.05) is 37.2 Å². The van der Waals surface area contributed by atoms with Crippen LogP contribution in [0.1, 0.15) is 40.5 Å². The molecule has 0 unspecified atom stereocenters. The number of amides is 2. The summed E-state index contributed by atoms with van der Waals surface area (Å²) in [7, 11) is 3.89. The van der Waals surface area contributed by atoms with Crippen LogP contribution in [0.15, 0.2) is 63.8 Å². The molecule has 1 aromatic carbocycles. The van der Waals surface area contributed by atoms with Gasteiger partial charge in [0.15, 0.2) is 11.5 Å². The van der Waals surface area contributed by atoms with E-state index < -0.39 is 0 Å². The molecule has 7 nitrogen and oxygen atoms in total. The molecule has 2 heterocycles. The molecule has 2 amide bonds. The van der Waals surface area contributed by atoms with Gasteiger partial charge in [0.2, 0.25) is 0 Å². The summed E-state index contributed by atoms with van der Waals surface area (Å²) in [6.07, 6.45) is 2.95. The molecular formula is C23H27N3O4. The van der Waals surface area contributed by atoms with Crippen molar-refractivity contribution in [1.82, 2.24) is 4.90 Å². The van der Waals surface area contributed by atoms with Crippen LogP contribution < -0.4 is 10.2 Å². The Bertz CT molecular complexity index is 976. The first-order valence-electron chi connectivity index (χ1n) is 9.83. The molecule has 3 rings (SSSR count). The number of benzene rings is 1. The average molecular weight is 409 g/mol. The van der Waals surface area contributed by atoms with E-state index in [0.717, 1.165) is 11.3 Å². The Morgan fingerprint density at radius 2 is 1.67 bits per heavy atom. The van der Waals surface area contributed by atoms with E-state index in [1.54, 1.807) is 29.2 Å². The Balaban J connectivity index is 1.88. The van der Waals surface area contributed by atoms with Gasteiger partial charge in [-0.05, 0) is 53.9 Å². The van der Waals surface area contributed by atoms with Crippen molar-refractivity contribution < 1.29 is 18.4 Å². The van der Waals surface area contributed by atoms with Gasteiger partial charge < -0.3 is 24.0 Å². The third kappa shape index (κ3) is 5.11.